The quantitative estimate of drug-likeness (QED) is 0.244. The van der Waals surface area contributed by atoms with Crippen molar-refractivity contribution in [1.82, 2.24) is 9.88 Å². The third-order valence-corrected chi connectivity index (χ3v) is 6.59. The molecular weight excluding hydrogens is 468 g/mol. The molecule has 0 aliphatic carbocycles. The molecule has 0 bridgehead atoms. The van der Waals surface area contributed by atoms with E-state index in [4.69, 9.17) is 12.2 Å². The Labute approximate surface area is 214 Å². The Bertz CT molecular complexity index is 1590. The van der Waals surface area contributed by atoms with Gasteiger partial charge in [0.05, 0.1) is 17.3 Å². The van der Waals surface area contributed by atoms with Crippen molar-refractivity contribution in [3.05, 3.63) is 107 Å². The first kappa shape index (κ1) is 23.2. The van der Waals surface area contributed by atoms with Gasteiger partial charge >= 0.3 is 0 Å². The second-order valence-corrected chi connectivity index (χ2v) is 8.86. The zero-order chi connectivity index (χ0) is 25.2. The van der Waals surface area contributed by atoms with Crippen LogP contribution in [-0.4, -0.2) is 21.5 Å². The highest BCUT2D eigenvalue weighted by Gasteiger charge is 2.34. The Morgan fingerprint density at radius 1 is 1.00 bits per heavy atom. The molecule has 6 nitrogen and oxygen atoms in total. The average Bonchev–Trinajstić information content (AvgIpc) is 3.24. The molecule has 1 aliphatic heterocycles. The second kappa shape index (κ2) is 9.61. The van der Waals surface area contributed by atoms with Crippen LogP contribution < -0.4 is 10.2 Å². The summed E-state index contributed by atoms with van der Waals surface area (Å²) >= 11 is 5.34. The molecule has 2 amide bonds. The van der Waals surface area contributed by atoms with E-state index in [9.17, 15) is 14.9 Å². The lowest BCUT2D eigenvalue weighted by molar-refractivity contribution is -0.122. The maximum atomic E-state index is 13.5. The minimum atomic E-state index is -0.530. The Kier molecular flexibility index (Phi) is 6.19. The van der Waals surface area contributed by atoms with Crippen molar-refractivity contribution in [1.29, 1.82) is 5.26 Å². The minimum absolute atomic E-state index is 0.00324. The number of nitriles is 1. The van der Waals surface area contributed by atoms with E-state index < -0.39 is 11.8 Å². The van der Waals surface area contributed by atoms with Crippen LogP contribution in [0.2, 0.25) is 0 Å². The van der Waals surface area contributed by atoms with Crippen molar-refractivity contribution < 1.29 is 9.59 Å². The number of rotatable bonds is 5. The van der Waals surface area contributed by atoms with Crippen LogP contribution in [0.1, 0.15) is 29.2 Å². The third kappa shape index (κ3) is 4.19. The van der Waals surface area contributed by atoms with Gasteiger partial charge in [-0.1, -0.05) is 55.5 Å². The first-order valence-corrected chi connectivity index (χ1v) is 12.0. The first-order chi connectivity index (χ1) is 17.5. The molecule has 1 fully saturated rings. The lowest BCUT2D eigenvalue weighted by atomic mass is 10.1. The monoisotopic (exact) mass is 490 g/mol. The van der Waals surface area contributed by atoms with Gasteiger partial charge in [-0.2, -0.15) is 5.26 Å². The van der Waals surface area contributed by atoms with Crippen LogP contribution >= 0.6 is 12.2 Å². The van der Waals surface area contributed by atoms with E-state index in [1.165, 1.54) is 4.90 Å². The maximum Gasteiger partial charge on any atom is 0.270 e. The summed E-state index contributed by atoms with van der Waals surface area (Å²) in [5.74, 6) is -1.00. The fourth-order valence-corrected chi connectivity index (χ4v) is 4.68. The fraction of sp³-hybridized carbons (Fsp3) is 0.103. The highest BCUT2D eigenvalue weighted by atomic mass is 32.1. The Morgan fingerprint density at radius 3 is 2.47 bits per heavy atom. The number of hydrogen-bond acceptors (Lipinski definition) is 4. The van der Waals surface area contributed by atoms with Crippen molar-refractivity contribution in [2.24, 2.45) is 0 Å². The van der Waals surface area contributed by atoms with E-state index in [2.05, 4.69) is 18.3 Å². The molecule has 0 radical (unpaired) electrons. The summed E-state index contributed by atoms with van der Waals surface area (Å²) in [6, 6.07) is 25.0. The van der Waals surface area contributed by atoms with Crippen molar-refractivity contribution in [2.75, 3.05) is 4.90 Å². The lowest BCUT2D eigenvalue weighted by Gasteiger charge is -2.29. The number of hydrogen-bond donors (Lipinski definition) is 1. The maximum absolute atomic E-state index is 13.5. The fourth-order valence-electron chi connectivity index (χ4n) is 4.40. The normalized spacial score (nSPS) is 14.8. The van der Waals surface area contributed by atoms with Gasteiger partial charge in [0, 0.05) is 29.2 Å². The molecule has 2 heterocycles. The van der Waals surface area contributed by atoms with Crippen molar-refractivity contribution in [2.45, 2.75) is 19.9 Å². The van der Waals surface area contributed by atoms with Crippen LogP contribution in [0.25, 0.3) is 17.0 Å². The van der Waals surface area contributed by atoms with Crippen LogP contribution in [0.5, 0.6) is 0 Å². The smallest absolute Gasteiger partial charge is 0.270 e. The molecule has 3 aromatic carbocycles. The Hall–Kier alpha value is -4.54. The van der Waals surface area contributed by atoms with Gasteiger partial charge in [-0.05, 0) is 60.1 Å². The van der Waals surface area contributed by atoms with E-state index in [0.29, 0.717) is 17.8 Å². The van der Waals surface area contributed by atoms with E-state index >= 15 is 0 Å². The molecular formula is C29H22N4O2S. The number of benzene rings is 3. The molecule has 0 unspecified atom stereocenters. The number of aryl methyl sites for hydroxylation is 1. The van der Waals surface area contributed by atoms with Crippen LogP contribution in [0.15, 0.2) is 84.6 Å². The number of thiocarbonyl (C=S) groups is 1. The van der Waals surface area contributed by atoms with E-state index in [0.717, 1.165) is 34.0 Å². The summed E-state index contributed by atoms with van der Waals surface area (Å²) in [5, 5.41) is 13.1. The number of anilines is 1. The van der Waals surface area contributed by atoms with Gasteiger partial charge in [-0.25, -0.2) is 0 Å². The van der Waals surface area contributed by atoms with E-state index in [-0.39, 0.29) is 10.7 Å². The molecule has 5 rings (SSSR count). The number of nitrogens with zero attached hydrogens (tertiary/aromatic N) is 3. The van der Waals surface area contributed by atoms with Gasteiger partial charge in [0.25, 0.3) is 11.8 Å². The zero-order valence-corrected chi connectivity index (χ0v) is 20.4. The molecule has 0 spiro atoms. The Morgan fingerprint density at radius 2 is 1.72 bits per heavy atom. The van der Waals surface area contributed by atoms with Gasteiger partial charge in [-0.15, -0.1) is 0 Å². The van der Waals surface area contributed by atoms with Crippen LogP contribution in [0, 0.1) is 11.3 Å². The molecule has 1 saturated heterocycles. The van der Waals surface area contributed by atoms with Crippen LogP contribution in [0.3, 0.4) is 0 Å². The zero-order valence-electron chi connectivity index (χ0n) is 19.6. The third-order valence-electron chi connectivity index (χ3n) is 6.30. The summed E-state index contributed by atoms with van der Waals surface area (Å²) in [6.45, 7) is 2.54. The number of amides is 2. The predicted molar refractivity (Wildman–Crippen MR) is 144 cm³/mol. The van der Waals surface area contributed by atoms with Crippen LogP contribution in [0.4, 0.5) is 5.69 Å². The number of nitrogens with one attached hydrogen (secondary N) is 1. The topological polar surface area (TPSA) is 78.1 Å². The molecule has 0 atom stereocenters. The number of aromatic nitrogens is 1. The van der Waals surface area contributed by atoms with Gasteiger partial charge in [-0.3, -0.25) is 19.8 Å². The highest BCUT2D eigenvalue weighted by Crippen LogP contribution is 2.28. The summed E-state index contributed by atoms with van der Waals surface area (Å²) in [4.78, 5) is 27.7. The summed E-state index contributed by atoms with van der Waals surface area (Å²) in [7, 11) is 0. The predicted octanol–water partition coefficient (Wildman–Crippen LogP) is 4.95. The van der Waals surface area contributed by atoms with Gasteiger partial charge < -0.3 is 4.57 Å². The molecule has 1 aromatic heterocycles. The highest BCUT2D eigenvalue weighted by molar-refractivity contribution is 7.80. The Balaban J connectivity index is 1.56. The van der Waals surface area contributed by atoms with Gasteiger partial charge in [0.1, 0.15) is 5.57 Å². The summed E-state index contributed by atoms with van der Waals surface area (Å²) in [5.41, 5.74) is 4.90. The molecule has 176 valence electrons. The molecule has 1 N–H and O–H groups in total. The number of para-hydroxylation sites is 1. The van der Waals surface area contributed by atoms with Crippen molar-refractivity contribution in [3.8, 4) is 6.07 Å². The summed E-state index contributed by atoms with van der Waals surface area (Å²) in [6.07, 6.45) is 4.39. The molecule has 4 aromatic rings. The molecule has 36 heavy (non-hydrogen) atoms. The SMILES string of the molecule is CCc1ccc(N2C(=O)/C(=C\c3cn(Cc4ccccc4C#N)c4ccccc34)C(=O)NC2=S)cc1. The standard InChI is InChI=1S/C29H22N4O2S/c1-2-19-11-13-23(14-12-19)33-28(35)25(27(34)31-29(33)36)15-22-18-32(26-10-6-5-9-24(22)26)17-21-8-4-3-7-20(21)16-30/h3-15,18H,2,17H2,1H3,(H,31,34,36)/b25-15-. The van der Waals surface area contributed by atoms with Gasteiger partial charge in [0.2, 0.25) is 0 Å². The van der Waals surface area contributed by atoms with E-state index in [1.54, 1.807) is 12.1 Å². The molecule has 1 aliphatic rings. The van der Waals surface area contributed by atoms with Crippen molar-refractivity contribution in [3.63, 3.8) is 0 Å². The molecule has 0 saturated carbocycles. The lowest BCUT2D eigenvalue weighted by Crippen LogP contribution is -2.54. The molecule has 7 heteroatoms. The first-order valence-electron chi connectivity index (χ1n) is 11.6. The number of carbonyl (C=O) groups excluding carboxylic acids is 2. The number of carbonyl (C=O) groups is 2. The minimum Gasteiger partial charge on any atom is -0.342 e. The van der Waals surface area contributed by atoms with Crippen LogP contribution in [-0.2, 0) is 22.6 Å². The van der Waals surface area contributed by atoms with Gasteiger partial charge in [0.15, 0.2) is 5.11 Å². The number of fused-ring (bicyclic) bond motifs is 1. The second-order valence-electron chi connectivity index (χ2n) is 8.48. The van der Waals surface area contributed by atoms with E-state index in [1.807, 2.05) is 77.5 Å². The summed E-state index contributed by atoms with van der Waals surface area (Å²) < 4.78 is 2.02. The average molecular weight is 491 g/mol. The van der Waals surface area contributed by atoms with Crippen molar-refractivity contribution >= 4 is 51.8 Å². The largest absolute Gasteiger partial charge is 0.342 e.